The van der Waals surface area contributed by atoms with E-state index in [4.69, 9.17) is 14.6 Å². The minimum absolute atomic E-state index is 0.572. The number of hydrogen-bond acceptors (Lipinski definition) is 3. The van der Waals surface area contributed by atoms with Gasteiger partial charge in [-0.15, -0.1) is 0 Å². The Bertz CT molecular complexity index is 814. The van der Waals surface area contributed by atoms with Crippen LogP contribution < -0.4 is 9.47 Å². The monoisotopic (exact) mass is 354 g/mol. The van der Waals surface area contributed by atoms with Crippen LogP contribution in [0.5, 0.6) is 11.5 Å². The summed E-state index contributed by atoms with van der Waals surface area (Å²) < 4.78 is 11.5. The molecule has 4 heteroatoms. The number of methoxy groups -OCH3 is 2. The average molecular weight is 354 g/mol. The SMILES string of the molecule is COc1cc(/C(C)=C/C=C/C(C)=C/C(=O)O)c(OC)c2c1C1CCC2C1. The zero-order valence-electron chi connectivity index (χ0n) is 15.8. The van der Waals surface area contributed by atoms with Gasteiger partial charge in [-0.05, 0) is 62.2 Å². The van der Waals surface area contributed by atoms with Crippen molar-refractivity contribution in [1.82, 2.24) is 0 Å². The van der Waals surface area contributed by atoms with Gasteiger partial charge in [-0.25, -0.2) is 4.79 Å². The number of carboxylic acids is 1. The molecule has 0 heterocycles. The van der Waals surface area contributed by atoms with Gasteiger partial charge in [-0.2, -0.15) is 0 Å². The summed E-state index contributed by atoms with van der Waals surface area (Å²) in [6, 6.07) is 2.08. The second kappa shape index (κ2) is 7.40. The topological polar surface area (TPSA) is 55.8 Å². The van der Waals surface area contributed by atoms with E-state index in [9.17, 15) is 4.79 Å². The molecule has 4 nitrogen and oxygen atoms in total. The summed E-state index contributed by atoms with van der Waals surface area (Å²) in [6.07, 6.45) is 10.5. The Morgan fingerprint density at radius 2 is 1.85 bits per heavy atom. The number of benzene rings is 1. The van der Waals surface area contributed by atoms with Gasteiger partial charge in [0.15, 0.2) is 0 Å². The molecule has 0 aliphatic heterocycles. The van der Waals surface area contributed by atoms with Crippen LogP contribution in [0.3, 0.4) is 0 Å². The maximum atomic E-state index is 10.7. The van der Waals surface area contributed by atoms with Crippen molar-refractivity contribution in [3.8, 4) is 11.5 Å². The van der Waals surface area contributed by atoms with E-state index in [1.54, 1.807) is 27.2 Å². The maximum absolute atomic E-state index is 10.7. The molecule has 1 aromatic rings. The average Bonchev–Trinajstić information content (AvgIpc) is 3.21. The molecule has 2 bridgehead atoms. The summed E-state index contributed by atoms with van der Waals surface area (Å²) in [7, 11) is 3.47. The first kappa shape index (κ1) is 18.3. The van der Waals surface area contributed by atoms with E-state index in [1.807, 2.05) is 19.1 Å². The zero-order valence-corrected chi connectivity index (χ0v) is 15.8. The van der Waals surface area contributed by atoms with Crippen molar-refractivity contribution >= 4 is 11.5 Å². The quantitative estimate of drug-likeness (QED) is 0.573. The van der Waals surface area contributed by atoms with Crippen LogP contribution in [0.4, 0.5) is 0 Å². The molecule has 0 radical (unpaired) electrons. The van der Waals surface area contributed by atoms with Crippen LogP contribution >= 0.6 is 0 Å². The Morgan fingerprint density at radius 1 is 1.15 bits per heavy atom. The molecule has 26 heavy (non-hydrogen) atoms. The largest absolute Gasteiger partial charge is 0.496 e. The lowest BCUT2D eigenvalue weighted by Gasteiger charge is -2.23. The van der Waals surface area contributed by atoms with Crippen molar-refractivity contribution < 1.29 is 19.4 Å². The smallest absolute Gasteiger partial charge is 0.328 e. The van der Waals surface area contributed by atoms with Crippen LogP contribution in [0.2, 0.25) is 0 Å². The van der Waals surface area contributed by atoms with Crippen molar-refractivity contribution in [3.05, 3.63) is 52.6 Å². The van der Waals surface area contributed by atoms with Crippen molar-refractivity contribution in [1.29, 1.82) is 0 Å². The lowest BCUT2D eigenvalue weighted by molar-refractivity contribution is -0.131. The molecule has 0 amide bonds. The fourth-order valence-electron chi connectivity index (χ4n) is 4.37. The van der Waals surface area contributed by atoms with Gasteiger partial charge in [-0.3, -0.25) is 0 Å². The number of aliphatic carboxylic acids is 1. The number of rotatable bonds is 6. The predicted octanol–water partition coefficient (Wildman–Crippen LogP) is 5.06. The molecule has 2 unspecified atom stereocenters. The van der Waals surface area contributed by atoms with E-state index in [0.717, 1.165) is 22.6 Å². The molecule has 1 N–H and O–H groups in total. The van der Waals surface area contributed by atoms with Gasteiger partial charge < -0.3 is 14.6 Å². The first-order valence-electron chi connectivity index (χ1n) is 9.01. The number of hydrogen-bond donors (Lipinski definition) is 1. The lowest BCUT2D eigenvalue weighted by Crippen LogP contribution is -2.06. The molecular formula is C22H26O4. The van der Waals surface area contributed by atoms with E-state index in [1.165, 1.54) is 36.5 Å². The predicted molar refractivity (Wildman–Crippen MR) is 103 cm³/mol. The third kappa shape index (κ3) is 3.28. The van der Waals surface area contributed by atoms with E-state index >= 15 is 0 Å². The third-order valence-electron chi connectivity index (χ3n) is 5.47. The van der Waals surface area contributed by atoms with Gasteiger partial charge in [0, 0.05) is 22.8 Å². The van der Waals surface area contributed by atoms with Gasteiger partial charge in [-0.1, -0.05) is 18.2 Å². The molecule has 3 rings (SSSR count). The molecule has 1 aromatic carbocycles. The number of allylic oxidation sites excluding steroid dienone is 5. The summed E-state index contributed by atoms with van der Waals surface area (Å²) in [5, 5.41) is 8.78. The number of carbonyl (C=O) groups is 1. The maximum Gasteiger partial charge on any atom is 0.328 e. The highest BCUT2D eigenvalue weighted by atomic mass is 16.5. The fraction of sp³-hybridized carbons (Fsp3) is 0.409. The summed E-state index contributed by atoms with van der Waals surface area (Å²) in [5.74, 6) is 2.16. The third-order valence-corrected chi connectivity index (χ3v) is 5.47. The summed E-state index contributed by atoms with van der Waals surface area (Å²) in [6.45, 7) is 3.81. The molecule has 1 fully saturated rings. The van der Waals surface area contributed by atoms with Crippen molar-refractivity contribution in [2.45, 2.75) is 44.9 Å². The highest BCUT2D eigenvalue weighted by molar-refractivity contribution is 5.81. The highest BCUT2D eigenvalue weighted by Gasteiger charge is 2.42. The van der Waals surface area contributed by atoms with Crippen molar-refractivity contribution in [2.24, 2.45) is 0 Å². The standard InChI is InChI=1S/C22H26O4/c1-13(10-19(23)24)6-5-7-14(2)17-12-18(25-3)20-15-8-9-16(11-15)21(20)22(17)26-4/h5-7,10,12,15-16H,8-9,11H2,1-4H3,(H,23,24)/b6-5+,13-10+,14-7+. The minimum Gasteiger partial charge on any atom is -0.496 e. The molecule has 0 saturated heterocycles. The Kier molecular flexibility index (Phi) is 5.21. The molecule has 0 spiro atoms. The van der Waals surface area contributed by atoms with Gasteiger partial charge in [0.05, 0.1) is 14.2 Å². The van der Waals surface area contributed by atoms with Crippen LogP contribution in [0.15, 0.2) is 35.9 Å². The number of carboxylic acid groups (broad SMARTS) is 1. The van der Waals surface area contributed by atoms with E-state index in [2.05, 4.69) is 6.07 Å². The van der Waals surface area contributed by atoms with E-state index in [-0.39, 0.29) is 0 Å². The van der Waals surface area contributed by atoms with Gasteiger partial charge in [0.2, 0.25) is 0 Å². The van der Waals surface area contributed by atoms with Crippen LogP contribution in [-0.2, 0) is 4.79 Å². The Balaban J connectivity index is 2.00. The van der Waals surface area contributed by atoms with Gasteiger partial charge >= 0.3 is 5.97 Å². The van der Waals surface area contributed by atoms with Crippen LogP contribution in [0.1, 0.15) is 61.6 Å². The normalized spacial score (nSPS) is 22.0. The minimum atomic E-state index is -0.937. The first-order valence-corrected chi connectivity index (χ1v) is 9.01. The number of ether oxygens (including phenoxy) is 2. The molecular weight excluding hydrogens is 328 g/mol. The van der Waals surface area contributed by atoms with Gasteiger partial charge in [0.1, 0.15) is 11.5 Å². The molecule has 2 atom stereocenters. The van der Waals surface area contributed by atoms with Crippen molar-refractivity contribution in [2.75, 3.05) is 14.2 Å². The van der Waals surface area contributed by atoms with E-state index in [0.29, 0.717) is 17.4 Å². The molecule has 138 valence electrons. The van der Waals surface area contributed by atoms with Crippen LogP contribution in [-0.4, -0.2) is 25.3 Å². The molecule has 1 saturated carbocycles. The molecule has 2 aliphatic carbocycles. The molecule has 2 aliphatic rings. The first-order chi connectivity index (χ1) is 12.5. The number of fused-ring (bicyclic) bond motifs is 5. The highest BCUT2D eigenvalue weighted by Crippen LogP contribution is 2.59. The van der Waals surface area contributed by atoms with Crippen LogP contribution in [0, 0.1) is 0 Å². The summed E-state index contributed by atoms with van der Waals surface area (Å²) >= 11 is 0. The van der Waals surface area contributed by atoms with Crippen molar-refractivity contribution in [3.63, 3.8) is 0 Å². The fourth-order valence-corrected chi connectivity index (χ4v) is 4.37. The summed E-state index contributed by atoms with van der Waals surface area (Å²) in [5.41, 5.74) is 5.47. The van der Waals surface area contributed by atoms with E-state index < -0.39 is 5.97 Å². The van der Waals surface area contributed by atoms with Gasteiger partial charge in [0.25, 0.3) is 0 Å². The summed E-state index contributed by atoms with van der Waals surface area (Å²) in [4.78, 5) is 10.7. The lowest BCUT2D eigenvalue weighted by atomic mass is 9.87. The Labute approximate surface area is 154 Å². The second-order valence-corrected chi connectivity index (χ2v) is 7.13. The Morgan fingerprint density at radius 3 is 2.46 bits per heavy atom. The second-order valence-electron chi connectivity index (χ2n) is 7.13. The zero-order chi connectivity index (χ0) is 18.8. The Hall–Kier alpha value is -2.49. The molecule has 0 aromatic heterocycles. The van der Waals surface area contributed by atoms with Crippen LogP contribution in [0.25, 0.3) is 5.57 Å².